The fraction of sp³-hybridized carbons (Fsp3) is 0.867. The first-order valence-corrected chi connectivity index (χ1v) is 8.08. The number of piperazine rings is 1. The average molecular weight is 297 g/mol. The molecule has 2 N–H and O–H groups in total. The van der Waals surface area contributed by atoms with Gasteiger partial charge in [-0.15, -0.1) is 0 Å². The average Bonchev–Trinajstić information content (AvgIpc) is 2.54. The Kier molecular flexibility index (Phi) is 5.85. The molecule has 1 aliphatic heterocycles. The van der Waals surface area contributed by atoms with E-state index >= 15 is 0 Å². The predicted octanol–water partition coefficient (Wildman–Crippen LogP) is 1.05. The van der Waals surface area contributed by atoms with E-state index in [-0.39, 0.29) is 17.9 Å². The molecule has 6 nitrogen and oxygen atoms in total. The van der Waals surface area contributed by atoms with Crippen LogP contribution in [0.25, 0.3) is 0 Å². The van der Waals surface area contributed by atoms with Crippen LogP contribution < -0.4 is 5.73 Å². The van der Waals surface area contributed by atoms with Crippen molar-refractivity contribution in [2.45, 2.75) is 32.6 Å². The lowest BCUT2D eigenvalue weighted by molar-refractivity contribution is -0.140. The van der Waals surface area contributed by atoms with Crippen molar-refractivity contribution in [3.05, 3.63) is 0 Å². The maximum atomic E-state index is 12.7. The van der Waals surface area contributed by atoms with Crippen LogP contribution in [0, 0.1) is 11.8 Å². The molecule has 21 heavy (non-hydrogen) atoms. The smallest absolute Gasteiger partial charge is 0.409 e. The summed E-state index contributed by atoms with van der Waals surface area (Å²) in [5.74, 6) is 0.640. The van der Waals surface area contributed by atoms with E-state index in [1.165, 1.54) is 6.42 Å². The molecule has 0 aromatic rings. The van der Waals surface area contributed by atoms with Crippen LogP contribution in [0.15, 0.2) is 0 Å². The SMILES string of the molecule is CCOC(=O)N1CCN(C(=O)C2CCCCC2CN)CC1. The van der Waals surface area contributed by atoms with Gasteiger partial charge in [-0.05, 0) is 32.2 Å². The van der Waals surface area contributed by atoms with Crippen LogP contribution in [0.5, 0.6) is 0 Å². The summed E-state index contributed by atoms with van der Waals surface area (Å²) in [6.45, 7) is 5.11. The van der Waals surface area contributed by atoms with Gasteiger partial charge in [0.05, 0.1) is 6.61 Å². The van der Waals surface area contributed by atoms with Crippen LogP contribution in [0.2, 0.25) is 0 Å². The number of carbonyl (C=O) groups is 2. The largest absolute Gasteiger partial charge is 0.450 e. The first kappa shape index (κ1) is 16.1. The Balaban J connectivity index is 1.86. The molecule has 1 heterocycles. The summed E-state index contributed by atoms with van der Waals surface area (Å²) in [4.78, 5) is 27.9. The molecule has 6 heteroatoms. The van der Waals surface area contributed by atoms with Gasteiger partial charge in [0.1, 0.15) is 0 Å². The van der Waals surface area contributed by atoms with Crippen LogP contribution in [-0.4, -0.2) is 61.1 Å². The Hall–Kier alpha value is -1.30. The molecular formula is C15H27N3O3. The molecule has 1 saturated carbocycles. The van der Waals surface area contributed by atoms with E-state index in [9.17, 15) is 9.59 Å². The Morgan fingerprint density at radius 1 is 1.10 bits per heavy atom. The molecule has 1 aliphatic carbocycles. The molecule has 2 amide bonds. The first-order chi connectivity index (χ1) is 10.2. The van der Waals surface area contributed by atoms with Crippen LogP contribution in [0.1, 0.15) is 32.6 Å². The third-order valence-corrected chi connectivity index (χ3v) is 4.65. The van der Waals surface area contributed by atoms with Crippen LogP contribution in [0.4, 0.5) is 4.79 Å². The summed E-state index contributed by atoms with van der Waals surface area (Å²) in [7, 11) is 0. The van der Waals surface area contributed by atoms with Gasteiger partial charge in [-0.3, -0.25) is 4.79 Å². The minimum absolute atomic E-state index is 0.0814. The first-order valence-electron chi connectivity index (χ1n) is 8.08. The second-order valence-corrected chi connectivity index (χ2v) is 5.90. The number of hydrogen-bond acceptors (Lipinski definition) is 4. The molecule has 2 aliphatic rings. The van der Waals surface area contributed by atoms with Crippen molar-refractivity contribution in [3.8, 4) is 0 Å². The van der Waals surface area contributed by atoms with E-state index in [4.69, 9.17) is 10.5 Å². The van der Waals surface area contributed by atoms with Crippen molar-refractivity contribution in [3.63, 3.8) is 0 Å². The lowest BCUT2D eigenvalue weighted by atomic mass is 9.78. The van der Waals surface area contributed by atoms with Gasteiger partial charge in [-0.2, -0.15) is 0 Å². The molecule has 0 bridgehead atoms. The van der Waals surface area contributed by atoms with Crippen molar-refractivity contribution in [1.29, 1.82) is 0 Å². The maximum Gasteiger partial charge on any atom is 0.409 e. The quantitative estimate of drug-likeness (QED) is 0.845. The Labute approximate surface area is 126 Å². The number of hydrogen-bond donors (Lipinski definition) is 1. The number of carbonyl (C=O) groups excluding carboxylic acids is 2. The standard InChI is InChI=1S/C15H27N3O3/c1-2-21-15(20)18-9-7-17(8-10-18)14(19)13-6-4-3-5-12(13)11-16/h12-13H,2-11,16H2,1H3. The van der Waals surface area contributed by atoms with Gasteiger partial charge in [0.15, 0.2) is 0 Å². The third kappa shape index (κ3) is 3.87. The second kappa shape index (κ2) is 7.64. The zero-order valence-corrected chi connectivity index (χ0v) is 12.9. The molecule has 0 aromatic carbocycles. The Bertz CT molecular complexity index is 367. The van der Waals surface area contributed by atoms with E-state index in [0.717, 1.165) is 19.3 Å². The third-order valence-electron chi connectivity index (χ3n) is 4.65. The van der Waals surface area contributed by atoms with Gasteiger partial charge >= 0.3 is 6.09 Å². The topological polar surface area (TPSA) is 75.9 Å². The monoisotopic (exact) mass is 297 g/mol. The number of rotatable bonds is 3. The molecule has 120 valence electrons. The number of amides is 2. The molecule has 2 atom stereocenters. The van der Waals surface area contributed by atoms with Crippen molar-refractivity contribution < 1.29 is 14.3 Å². The fourth-order valence-electron chi connectivity index (χ4n) is 3.37. The maximum absolute atomic E-state index is 12.7. The fourth-order valence-corrected chi connectivity index (χ4v) is 3.37. The van der Waals surface area contributed by atoms with Crippen LogP contribution in [-0.2, 0) is 9.53 Å². The Morgan fingerprint density at radius 3 is 2.33 bits per heavy atom. The number of nitrogens with two attached hydrogens (primary N) is 1. The van der Waals surface area contributed by atoms with Crippen molar-refractivity contribution in [1.82, 2.24) is 9.80 Å². The van der Waals surface area contributed by atoms with Gasteiger partial charge < -0.3 is 20.3 Å². The summed E-state index contributed by atoms with van der Waals surface area (Å²) >= 11 is 0. The van der Waals surface area contributed by atoms with Crippen molar-refractivity contribution in [2.75, 3.05) is 39.3 Å². The van der Waals surface area contributed by atoms with Gasteiger partial charge in [-0.1, -0.05) is 12.8 Å². The number of nitrogens with zero attached hydrogens (tertiary/aromatic N) is 2. The van der Waals surface area contributed by atoms with E-state index < -0.39 is 0 Å². The molecule has 2 rings (SSSR count). The highest BCUT2D eigenvalue weighted by Crippen LogP contribution is 2.31. The van der Waals surface area contributed by atoms with Gasteiger partial charge in [0.25, 0.3) is 0 Å². The molecular weight excluding hydrogens is 270 g/mol. The molecule has 2 unspecified atom stereocenters. The van der Waals surface area contributed by atoms with Crippen LogP contribution >= 0.6 is 0 Å². The molecule has 2 fully saturated rings. The summed E-state index contributed by atoms with van der Waals surface area (Å²) in [6.07, 6.45) is 4.05. The molecule has 0 radical (unpaired) electrons. The predicted molar refractivity (Wildman–Crippen MR) is 79.7 cm³/mol. The van der Waals surface area contributed by atoms with Crippen molar-refractivity contribution in [2.24, 2.45) is 17.6 Å². The van der Waals surface area contributed by atoms with Crippen LogP contribution in [0.3, 0.4) is 0 Å². The van der Waals surface area contributed by atoms with E-state index in [2.05, 4.69) is 0 Å². The molecule has 1 saturated heterocycles. The van der Waals surface area contributed by atoms with Gasteiger partial charge in [-0.25, -0.2) is 4.79 Å². The van der Waals surface area contributed by atoms with E-state index in [0.29, 0.717) is 45.2 Å². The zero-order valence-electron chi connectivity index (χ0n) is 12.9. The second-order valence-electron chi connectivity index (χ2n) is 5.90. The van der Waals surface area contributed by atoms with E-state index in [1.54, 1.807) is 11.8 Å². The summed E-state index contributed by atoms with van der Waals surface area (Å²) in [5, 5.41) is 0. The van der Waals surface area contributed by atoms with Gasteiger partial charge in [0.2, 0.25) is 5.91 Å². The molecule has 0 aromatic heterocycles. The summed E-state index contributed by atoms with van der Waals surface area (Å²) < 4.78 is 4.99. The summed E-state index contributed by atoms with van der Waals surface area (Å²) in [6, 6.07) is 0. The van der Waals surface area contributed by atoms with Crippen molar-refractivity contribution >= 4 is 12.0 Å². The number of ether oxygens (including phenoxy) is 1. The summed E-state index contributed by atoms with van der Waals surface area (Å²) in [5.41, 5.74) is 5.82. The zero-order chi connectivity index (χ0) is 15.2. The lowest BCUT2D eigenvalue weighted by Gasteiger charge is -2.38. The normalized spacial score (nSPS) is 26.6. The highest BCUT2D eigenvalue weighted by molar-refractivity contribution is 5.79. The Morgan fingerprint density at radius 2 is 1.71 bits per heavy atom. The van der Waals surface area contributed by atoms with Gasteiger partial charge in [0, 0.05) is 32.1 Å². The minimum atomic E-state index is -0.276. The van der Waals surface area contributed by atoms with E-state index in [1.807, 2.05) is 4.90 Å². The highest BCUT2D eigenvalue weighted by Gasteiger charge is 2.34. The lowest BCUT2D eigenvalue weighted by Crippen LogP contribution is -2.53. The highest BCUT2D eigenvalue weighted by atomic mass is 16.6. The molecule has 0 spiro atoms. The minimum Gasteiger partial charge on any atom is -0.450 e.